The smallest absolute Gasteiger partial charge is 0.316 e. The number of H-pyrrole nitrogens is 1. The average molecular weight is 292 g/mol. The lowest BCUT2D eigenvalue weighted by molar-refractivity contribution is 0.596. The van der Waals surface area contributed by atoms with Crippen molar-refractivity contribution in [2.24, 2.45) is 7.05 Å². The van der Waals surface area contributed by atoms with E-state index in [1.54, 1.807) is 7.05 Å². The third kappa shape index (κ3) is 3.17. The van der Waals surface area contributed by atoms with Crippen molar-refractivity contribution in [2.75, 3.05) is 7.05 Å². The van der Waals surface area contributed by atoms with Gasteiger partial charge in [-0.15, -0.1) is 0 Å². The van der Waals surface area contributed by atoms with E-state index in [1.807, 2.05) is 32.2 Å². The van der Waals surface area contributed by atoms with Crippen LogP contribution in [-0.2, 0) is 13.6 Å². The number of aromatic nitrogens is 3. The summed E-state index contributed by atoms with van der Waals surface area (Å²) >= 11 is 1.34. The quantitative estimate of drug-likeness (QED) is 0.809. The van der Waals surface area contributed by atoms with E-state index in [1.165, 1.54) is 27.6 Å². The Hall–Kier alpha value is -1.86. The van der Waals surface area contributed by atoms with Crippen molar-refractivity contribution in [3.8, 4) is 0 Å². The molecule has 2 rings (SSSR count). The minimum Gasteiger partial charge on any atom is -0.316 e. The van der Waals surface area contributed by atoms with Gasteiger partial charge in [0.2, 0.25) is 0 Å². The van der Waals surface area contributed by atoms with Crippen molar-refractivity contribution < 1.29 is 0 Å². The van der Waals surface area contributed by atoms with Gasteiger partial charge in [0.15, 0.2) is 5.16 Å². The van der Waals surface area contributed by atoms with Crippen LogP contribution in [0, 0.1) is 6.92 Å². The summed E-state index contributed by atoms with van der Waals surface area (Å²) in [6.45, 7) is 2.85. The van der Waals surface area contributed by atoms with Crippen molar-refractivity contribution in [3.63, 3.8) is 0 Å². The number of nitrogens with zero attached hydrogens (tertiary/aromatic N) is 2. The van der Waals surface area contributed by atoms with Crippen LogP contribution >= 0.6 is 11.8 Å². The van der Waals surface area contributed by atoms with E-state index in [0.717, 1.165) is 11.4 Å². The maximum Gasteiger partial charge on any atom is 0.339 e. The van der Waals surface area contributed by atoms with Gasteiger partial charge in [-0.25, -0.2) is 0 Å². The largest absolute Gasteiger partial charge is 0.339 e. The highest BCUT2D eigenvalue weighted by molar-refractivity contribution is 7.99. The molecule has 0 aliphatic carbocycles. The van der Waals surface area contributed by atoms with Crippen molar-refractivity contribution >= 4 is 11.8 Å². The summed E-state index contributed by atoms with van der Waals surface area (Å²) < 4.78 is 1.45. The Balaban J connectivity index is 2.31. The van der Waals surface area contributed by atoms with Gasteiger partial charge in [-0.2, -0.15) is 4.98 Å². The van der Waals surface area contributed by atoms with E-state index in [4.69, 9.17) is 0 Å². The van der Waals surface area contributed by atoms with Gasteiger partial charge in [-0.05, 0) is 37.2 Å². The van der Waals surface area contributed by atoms with Gasteiger partial charge in [0.1, 0.15) is 0 Å². The Bertz CT molecular complexity index is 736. The zero-order valence-corrected chi connectivity index (χ0v) is 12.4. The second-order valence-corrected chi connectivity index (χ2v) is 5.46. The van der Waals surface area contributed by atoms with E-state index < -0.39 is 11.1 Å². The highest BCUT2D eigenvalue weighted by Crippen LogP contribution is 2.26. The van der Waals surface area contributed by atoms with Gasteiger partial charge < -0.3 is 5.32 Å². The minimum absolute atomic E-state index is 0.454. The average Bonchev–Trinajstić information content (AvgIpc) is 2.39. The highest BCUT2D eigenvalue weighted by atomic mass is 32.2. The molecule has 0 atom stereocenters. The molecule has 0 saturated carbocycles. The molecule has 2 N–H and O–H groups in total. The second-order valence-electron chi connectivity index (χ2n) is 4.42. The fourth-order valence-electron chi connectivity index (χ4n) is 1.78. The van der Waals surface area contributed by atoms with Crippen LogP contribution in [0.15, 0.2) is 37.8 Å². The third-order valence-corrected chi connectivity index (χ3v) is 3.88. The van der Waals surface area contributed by atoms with Crippen LogP contribution in [0.5, 0.6) is 0 Å². The SMILES string of the molecule is CNCc1ccc(Sc2nc(=O)c(=O)[nH]n2C)cc1C. The molecular formula is C13H16N4O2S. The third-order valence-electron chi connectivity index (χ3n) is 2.84. The molecule has 0 saturated heterocycles. The Morgan fingerprint density at radius 3 is 2.80 bits per heavy atom. The molecule has 0 fully saturated rings. The molecule has 1 aromatic carbocycles. The summed E-state index contributed by atoms with van der Waals surface area (Å²) in [5, 5.41) is 6.00. The molecule has 1 aromatic heterocycles. The van der Waals surface area contributed by atoms with Gasteiger partial charge in [-0.3, -0.25) is 19.4 Å². The van der Waals surface area contributed by atoms with Crippen molar-refractivity contribution in [2.45, 2.75) is 23.5 Å². The molecule has 1 heterocycles. The first-order chi connectivity index (χ1) is 9.51. The fraction of sp³-hybridized carbons (Fsp3) is 0.308. The molecule has 7 heteroatoms. The van der Waals surface area contributed by atoms with Crippen LogP contribution in [0.25, 0.3) is 0 Å². The van der Waals surface area contributed by atoms with Crippen molar-refractivity contribution in [1.29, 1.82) is 0 Å². The first kappa shape index (κ1) is 14.5. The number of hydrogen-bond acceptors (Lipinski definition) is 5. The zero-order chi connectivity index (χ0) is 14.7. The van der Waals surface area contributed by atoms with Crippen LogP contribution in [0.1, 0.15) is 11.1 Å². The molecule has 6 nitrogen and oxygen atoms in total. The highest BCUT2D eigenvalue weighted by Gasteiger charge is 2.07. The number of nitrogens with one attached hydrogen (secondary N) is 2. The van der Waals surface area contributed by atoms with Crippen LogP contribution < -0.4 is 16.4 Å². The fourth-order valence-corrected chi connectivity index (χ4v) is 2.67. The number of hydrogen-bond donors (Lipinski definition) is 2. The zero-order valence-electron chi connectivity index (χ0n) is 11.6. The van der Waals surface area contributed by atoms with Gasteiger partial charge in [0, 0.05) is 18.5 Å². The molecule has 0 bridgehead atoms. The lowest BCUT2D eigenvalue weighted by Gasteiger charge is -2.09. The van der Waals surface area contributed by atoms with Crippen LogP contribution in [-0.4, -0.2) is 21.8 Å². The van der Waals surface area contributed by atoms with Gasteiger partial charge in [0.05, 0.1) is 0 Å². The monoisotopic (exact) mass is 292 g/mol. The molecule has 2 aromatic rings. The number of rotatable bonds is 4. The molecule has 0 unspecified atom stereocenters. The molecule has 20 heavy (non-hydrogen) atoms. The van der Waals surface area contributed by atoms with Crippen molar-refractivity contribution in [3.05, 3.63) is 50.0 Å². The normalized spacial score (nSPS) is 10.8. The van der Waals surface area contributed by atoms with Gasteiger partial charge >= 0.3 is 11.1 Å². The van der Waals surface area contributed by atoms with E-state index in [-0.39, 0.29) is 0 Å². The minimum atomic E-state index is -0.769. The summed E-state index contributed by atoms with van der Waals surface area (Å²) in [5.41, 5.74) is 0.908. The van der Waals surface area contributed by atoms with E-state index in [9.17, 15) is 9.59 Å². The standard InChI is InChI=1S/C13H16N4O2S/c1-8-6-10(5-4-9(8)7-14-2)20-13-15-11(18)12(19)16-17(13)3/h4-6,14H,7H2,1-3H3,(H,16,19). The van der Waals surface area contributed by atoms with Crippen LogP contribution in [0.4, 0.5) is 0 Å². The van der Waals surface area contributed by atoms with E-state index in [0.29, 0.717) is 5.16 Å². The van der Waals surface area contributed by atoms with Gasteiger partial charge in [-0.1, -0.05) is 17.8 Å². The Kier molecular flexibility index (Phi) is 4.41. The molecule has 0 aliphatic heterocycles. The number of aryl methyl sites for hydroxylation is 2. The molecular weight excluding hydrogens is 276 g/mol. The second kappa shape index (κ2) is 6.06. The Morgan fingerprint density at radius 2 is 2.15 bits per heavy atom. The molecule has 0 amide bonds. The van der Waals surface area contributed by atoms with Crippen LogP contribution in [0.3, 0.4) is 0 Å². The Labute approximate surface area is 120 Å². The summed E-state index contributed by atoms with van der Waals surface area (Å²) in [5.74, 6) is 0. The van der Waals surface area contributed by atoms with Crippen LogP contribution in [0.2, 0.25) is 0 Å². The van der Waals surface area contributed by atoms with Gasteiger partial charge in [0.25, 0.3) is 0 Å². The lowest BCUT2D eigenvalue weighted by atomic mass is 10.1. The number of benzene rings is 1. The molecule has 0 radical (unpaired) electrons. The summed E-state index contributed by atoms with van der Waals surface area (Å²) in [6, 6.07) is 6.05. The summed E-state index contributed by atoms with van der Waals surface area (Å²) in [4.78, 5) is 27.2. The lowest BCUT2D eigenvalue weighted by Crippen LogP contribution is -2.33. The molecule has 106 valence electrons. The first-order valence-electron chi connectivity index (χ1n) is 6.10. The first-order valence-corrected chi connectivity index (χ1v) is 6.92. The predicted octanol–water partition coefficient (Wildman–Crippen LogP) is 0.648. The Morgan fingerprint density at radius 1 is 1.40 bits per heavy atom. The van der Waals surface area contributed by atoms with E-state index >= 15 is 0 Å². The maximum absolute atomic E-state index is 11.3. The van der Waals surface area contributed by atoms with Crippen molar-refractivity contribution in [1.82, 2.24) is 20.1 Å². The van der Waals surface area contributed by atoms with E-state index in [2.05, 4.69) is 15.4 Å². The topological polar surface area (TPSA) is 79.8 Å². The molecule has 0 spiro atoms. The summed E-state index contributed by atoms with van der Waals surface area (Å²) in [6.07, 6.45) is 0. The predicted molar refractivity (Wildman–Crippen MR) is 78.2 cm³/mol. The summed E-state index contributed by atoms with van der Waals surface area (Å²) in [7, 11) is 3.56. The maximum atomic E-state index is 11.3. The number of aromatic amines is 1. The molecule has 0 aliphatic rings.